The third-order valence-corrected chi connectivity index (χ3v) is 5.13. The molecular weight excluding hydrogens is 348 g/mol. The molecule has 5 heteroatoms. The highest BCUT2D eigenvalue weighted by atomic mass is 16.2. The van der Waals surface area contributed by atoms with Crippen LogP contribution in [0.2, 0.25) is 0 Å². The van der Waals surface area contributed by atoms with E-state index in [1.54, 1.807) is 0 Å². The van der Waals surface area contributed by atoms with Crippen molar-refractivity contribution in [3.8, 4) is 11.3 Å². The molecule has 4 rings (SSSR count). The van der Waals surface area contributed by atoms with E-state index >= 15 is 0 Å². The van der Waals surface area contributed by atoms with Crippen LogP contribution in [0.15, 0.2) is 60.8 Å². The molecule has 144 valence electrons. The predicted octanol–water partition coefficient (Wildman–Crippen LogP) is 3.34. The minimum Gasteiger partial charge on any atom is -0.337 e. The van der Waals surface area contributed by atoms with Gasteiger partial charge < -0.3 is 10.2 Å². The number of hydrogen-bond donors (Lipinski definition) is 1. The molecule has 1 aromatic heterocycles. The second-order valence-electron chi connectivity index (χ2n) is 7.34. The summed E-state index contributed by atoms with van der Waals surface area (Å²) >= 11 is 0. The number of hydrogen-bond acceptors (Lipinski definition) is 3. The van der Waals surface area contributed by atoms with Gasteiger partial charge in [-0.15, -0.1) is 0 Å². The van der Waals surface area contributed by atoms with E-state index in [9.17, 15) is 4.79 Å². The Bertz CT molecular complexity index is 923. The maximum absolute atomic E-state index is 13.3. The number of amides is 1. The first-order valence-corrected chi connectivity index (χ1v) is 9.89. The van der Waals surface area contributed by atoms with Gasteiger partial charge in [-0.1, -0.05) is 60.2 Å². The van der Waals surface area contributed by atoms with Crippen LogP contribution in [-0.2, 0) is 6.54 Å². The first kappa shape index (κ1) is 18.4. The Morgan fingerprint density at radius 2 is 1.82 bits per heavy atom. The van der Waals surface area contributed by atoms with Gasteiger partial charge in [-0.25, -0.2) is 0 Å². The molecule has 2 aromatic carbocycles. The molecule has 0 unspecified atom stereocenters. The minimum absolute atomic E-state index is 0.0681. The van der Waals surface area contributed by atoms with Crippen molar-refractivity contribution in [2.45, 2.75) is 19.9 Å². The van der Waals surface area contributed by atoms with E-state index in [1.807, 2.05) is 46.1 Å². The SMILES string of the molecule is Cc1ccc(-c2nn(Cc3ccccc3)cc2C(=O)N2CCCNCC2)cc1. The van der Waals surface area contributed by atoms with Gasteiger partial charge in [0, 0.05) is 31.4 Å². The van der Waals surface area contributed by atoms with Gasteiger partial charge in [0.05, 0.1) is 12.1 Å². The minimum atomic E-state index is 0.0681. The molecule has 1 fully saturated rings. The van der Waals surface area contributed by atoms with Crippen LogP contribution in [0.25, 0.3) is 11.3 Å². The van der Waals surface area contributed by atoms with Gasteiger partial charge in [-0.2, -0.15) is 5.10 Å². The molecule has 2 heterocycles. The molecule has 0 spiro atoms. The van der Waals surface area contributed by atoms with E-state index in [0.29, 0.717) is 12.1 Å². The average Bonchev–Trinajstić information content (AvgIpc) is 2.94. The van der Waals surface area contributed by atoms with E-state index in [-0.39, 0.29) is 5.91 Å². The normalized spacial score (nSPS) is 14.7. The summed E-state index contributed by atoms with van der Waals surface area (Å²) in [7, 11) is 0. The topological polar surface area (TPSA) is 50.2 Å². The van der Waals surface area contributed by atoms with Crippen LogP contribution in [0, 0.1) is 6.92 Å². The second kappa shape index (κ2) is 8.40. The standard InChI is InChI=1S/C23H26N4O/c1-18-8-10-20(11-9-18)22-21(23(28)26-14-5-12-24-13-15-26)17-27(25-22)16-19-6-3-2-4-7-19/h2-4,6-11,17,24H,5,12-16H2,1H3. The lowest BCUT2D eigenvalue weighted by atomic mass is 10.1. The van der Waals surface area contributed by atoms with Crippen LogP contribution in [0.1, 0.15) is 27.9 Å². The summed E-state index contributed by atoms with van der Waals surface area (Å²) in [5, 5.41) is 8.16. The van der Waals surface area contributed by atoms with Gasteiger partial charge in [0.15, 0.2) is 0 Å². The highest BCUT2D eigenvalue weighted by Gasteiger charge is 2.23. The van der Waals surface area contributed by atoms with Crippen molar-refractivity contribution in [3.63, 3.8) is 0 Å². The molecule has 0 bridgehead atoms. The molecule has 0 saturated carbocycles. The Kier molecular flexibility index (Phi) is 5.53. The van der Waals surface area contributed by atoms with Gasteiger partial charge in [0.25, 0.3) is 5.91 Å². The van der Waals surface area contributed by atoms with Gasteiger partial charge in [0.2, 0.25) is 0 Å². The zero-order valence-corrected chi connectivity index (χ0v) is 16.3. The number of aromatic nitrogens is 2. The Morgan fingerprint density at radius 1 is 1.04 bits per heavy atom. The van der Waals surface area contributed by atoms with Crippen molar-refractivity contribution in [3.05, 3.63) is 77.5 Å². The van der Waals surface area contributed by atoms with Crippen LogP contribution in [-0.4, -0.2) is 46.8 Å². The van der Waals surface area contributed by atoms with Crippen LogP contribution >= 0.6 is 0 Å². The summed E-state index contributed by atoms with van der Waals surface area (Å²) in [6.45, 7) is 6.02. The number of nitrogens with one attached hydrogen (secondary N) is 1. The van der Waals surface area contributed by atoms with Crippen molar-refractivity contribution in [1.82, 2.24) is 20.0 Å². The lowest BCUT2D eigenvalue weighted by Gasteiger charge is -2.19. The fourth-order valence-electron chi connectivity index (χ4n) is 3.57. The van der Waals surface area contributed by atoms with E-state index in [0.717, 1.165) is 43.9 Å². The second-order valence-corrected chi connectivity index (χ2v) is 7.34. The first-order chi connectivity index (χ1) is 13.7. The number of benzene rings is 2. The number of rotatable bonds is 4. The summed E-state index contributed by atoms with van der Waals surface area (Å²) in [5.74, 6) is 0.0681. The van der Waals surface area contributed by atoms with Gasteiger partial charge >= 0.3 is 0 Å². The lowest BCUT2D eigenvalue weighted by Crippen LogP contribution is -2.34. The molecule has 28 heavy (non-hydrogen) atoms. The molecule has 1 aliphatic rings. The van der Waals surface area contributed by atoms with Crippen molar-refractivity contribution >= 4 is 5.91 Å². The van der Waals surface area contributed by atoms with E-state index in [2.05, 4.69) is 36.5 Å². The Morgan fingerprint density at radius 3 is 2.61 bits per heavy atom. The molecule has 1 aliphatic heterocycles. The van der Waals surface area contributed by atoms with Crippen molar-refractivity contribution in [2.75, 3.05) is 26.2 Å². The van der Waals surface area contributed by atoms with Gasteiger partial charge in [0.1, 0.15) is 5.69 Å². The number of carbonyl (C=O) groups is 1. The molecule has 1 amide bonds. The average molecular weight is 374 g/mol. The summed E-state index contributed by atoms with van der Waals surface area (Å²) < 4.78 is 1.88. The predicted molar refractivity (Wildman–Crippen MR) is 111 cm³/mol. The fourth-order valence-corrected chi connectivity index (χ4v) is 3.57. The number of aryl methyl sites for hydroxylation is 1. The zero-order valence-electron chi connectivity index (χ0n) is 16.3. The third kappa shape index (κ3) is 4.15. The molecule has 3 aromatic rings. The van der Waals surface area contributed by atoms with E-state index in [1.165, 1.54) is 11.1 Å². The maximum atomic E-state index is 13.3. The molecule has 0 aliphatic carbocycles. The molecule has 1 saturated heterocycles. The molecule has 0 atom stereocenters. The molecule has 1 N–H and O–H groups in total. The Hall–Kier alpha value is -2.92. The van der Waals surface area contributed by atoms with E-state index < -0.39 is 0 Å². The quantitative estimate of drug-likeness (QED) is 0.762. The van der Waals surface area contributed by atoms with Crippen LogP contribution in [0.4, 0.5) is 0 Å². The Labute approximate surface area is 166 Å². The summed E-state index contributed by atoms with van der Waals surface area (Å²) in [5.41, 5.74) is 4.78. The van der Waals surface area contributed by atoms with E-state index in [4.69, 9.17) is 5.10 Å². The number of carbonyl (C=O) groups excluding carboxylic acids is 1. The van der Waals surface area contributed by atoms with Crippen molar-refractivity contribution in [2.24, 2.45) is 0 Å². The third-order valence-electron chi connectivity index (χ3n) is 5.13. The molecular formula is C23H26N4O. The zero-order chi connectivity index (χ0) is 19.3. The lowest BCUT2D eigenvalue weighted by molar-refractivity contribution is 0.0767. The largest absolute Gasteiger partial charge is 0.337 e. The summed E-state index contributed by atoms with van der Waals surface area (Å²) in [6.07, 6.45) is 2.88. The van der Waals surface area contributed by atoms with Gasteiger partial charge in [-0.3, -0.25) is 9.48 Å². The smallest absolute Gasteiger partial charge is 0.257 e. The molecule has 5 nitrogen and oxygen atoms in total. The first-order valence-electron chi connectivity index (χ1n) is 9.89. The fraction of sp³-hybridized carbons (Fsp3) is 0.304. The van der Waals surface area contributed by atoms with Crippen LogP contribution in [0.5, 0.6) is 0 Å². The number of nitrogens with zero attached hydrogens (tertiary/aromatic N) is 3. The van der Waals surface area contributed by atoms with Crippen LogP contribution in [0.3, 0.4) is 0 Å². The Balaban J connectivity index is 1.69. The summed E-state index contributed by atoms with van der Waals surface area (Å²) in [6, 6.07) is 18.4. The van der Waals surface area contributed by atoms with Gasteiger partial charge in [-0.05, 0) is 25.5 Å². The van der Waals surface area contributed by atoms with Crippen LogP contribution < -0.4 is 5.32 Å². The maximum Gasteiger partial charge on any atom is 0.257 e. The highest BCUT2D eigenvalue weighted by Crippen LogP contribution is 2.24. The monoisotopic (exact) mass is 374 g/mol. The molecule has 0 radical (unpaired) electrons. The van der Waals surface area contributed by atoms with Crippen molar-refractivity contribution in [1.29, 1.82) is 0 Å². The van der Waals surface area contributed by atoms with Crippen molar-refractivity contribution < 1.29 is 4.79 Å². The highest BCUT2D eigenvalue weighted by molar-refractivity contribution is 5.99. The summed E-state index contributed by atoms with van der Waals surface area (Å²) in [4.78, 5) is 15.3.